The van der Waals surface area contributed by atoms with Crippen molar-refractivity contribution in [3.63, 3.8) is 0 Å². The molecule has 0 rings (SSSR count). The topological polar surface area (TPSA) is 33.0 Å². The minimum atomic E-state index is 0.518. The van der Waals surface area contributed by atoms with Crippen LogP contribution in [0.15, 0.2) is 0 Å². The van der Waals surface area contributed by atoms with E-state index in [1.807, 2.05) is 19.9 Å². The summed E-state index contributed by atoms with van der Waals surface area (Å²) in [5, 5.41) is 8.09. The van der Waals surface area contributed by atoms with Crippen LogP contribution < -0.4 is 0 Å². The zero-order chi connectivity index (χ0) is 8.95. The van der Waals surface area contributed by atoms with Gasteiger partial charge in [-0.3, -0.25) is 0 Å². The van der Waals surface area contributed by atoms with Gasteiger partial charge in [0, 0.05) is 6.61 Å². The van der Waals surface area contributed by atoms with Crippen molar-refractivity contribution in [3.8, 4) is 6.07 Å². The second-order valence-electron chi connectivity index (χ2n) is 1.87. The third kappa shape index (κ3) is 17.7. The highest BCUT2D eigenvalue weighted by molar-refractivity contribution is 4.66. The van der Waals surface area contributed by atoms with Gasteiger partial charge in [-0.25, -0.2) is 0 Å². The second-order valence-corrected chi connectivity index (χ2v) is 1.87. The molecule has 66 valence electrons. The Labute approximate surface area is 70.2 Å². The van der Waals surface area contributed by atoms with E-state index in [9.17, 15) is 0 Å². The zero-order valence-electron chi connectivity index (χ0n) is 7.89. The molecular weight excluding hydrogens is 138 g/mol. The van der Waals surface area contributed by atoms with E-state index in [4.69, 9.17) is 10.00 Å². The number of nitrogens with zero attached hydrogens (tertiary/aromatic N) is 1. The van der Waals surface area contributed by atoms with E-state index < -0.39 is 0 Å². The number of hydrogen-bond donors (Lipinski definition) is 0. The molecule has 11 heavy (non-hydrogen) atoms. The first-order valence-corrected chi connectivity index (χ1v) is 4.36. The molecule has 0 bridgehead atoms. The van der Waals surface area contributed by atoms with E-state index in [1.54, 1.807) is 0 Å². The molecule has 0 fully saturated rings. The van der Waals surface area contributed by atoms with Crippen LogP contribution in [0.2, 0.25) is 0 Å². The molecule has 2 nitrogen and oxygen atoms in total. The number of unbranched alkanes of at least 4 members (excludes halogenated alkanes) is 1. The van der Waals surface area contributed by atoms with Crippen LogP contribution in [-0.4, -0.2) is 13.2 Å². The van der Waals surface area contributed by atoms with Crippen molar-refractivity contribution in [3.05, 3.63) is 0 Å². The summed E-state index contributed by atoms with van der Waals surface area (Å²) in [5.74, 6) is 0. The van der Waals surface area contributed by atoms with Crippen molar-refractivity contribution in [2.45, 2.75) is 40.0 Å². The van der Waals surface area contributed by atoms with Crippen LogP contribution >= 0.6 is 0 Å². The first-order valence-electron chi connectivity index (χ1n) is 4.36. The van der Waals surface area contributed by atoms with Crippen molar-refractivity contribution < 1.29 is 4.74 Å². The lowest BCUT2D eigenvalue weighted by Crippen LogP contribution is -1.94. The molecule has 0 spiro atoms. The van der Waals surface area contributed by atoms with Crippen LogP contribution in [-0.2, 0) is 4.74 Å². The highest BCUT2D eigenvalue weighted by Gasteiger charge is 1.84. The van der Waals surface area contributed by atoms with Crippen LogP contribution in [0, 0.1) is 11.3 Å². The molecule has 0 aromatic heterocycles. The van der Waals surface area contributed by atoms with Gasteiger partial charge in [0.15, 0.2) is 0 Å². The fourth-order valence-corrected chi connectivity index (χ4v) is 0.466. The van der Waals surface area contributed by atoms with E-state index >= 15 is 0 Å². The van der Waals surface area contributed by atoms with E-state index in [0.29, 0.717) is 13.0 Å². The first kappa shape index (κ1) is 13.1. The van der Waals surface area contributed by atoms with Gasteiger partial charge >= 0.3 is 0 Å². The summed E-state index contributed by atoms with van der Waals surface area (Å²) in [6.45, 7) is 7.52. The summed E-state index contributed by atoms with van der Waals surface area (Å²) in [6, 6.07) is 2.02. The summed E-state index contributed by atoms with van der Waals surface area (Å²) in [4.78, 5) is 0. The first-order chi connectivity index (χ1) is 5.41. The van der Waals surface area contributed by atoms with Gasteiger partial charge in [-0.15, -0.1) is 0 Å². The van der Waals surface area contributed by atoms with Crippen LogP contribution in [0.3, 0.4) is 0 Å². The molecule has 0 aromatic carbocycles. The molecule has 0 aromatic rings. The standard InChI is InChI=1S/C7H13NO.C2H6/c1-2-3-6-9-7-4-5-8;1-2/h2-4,6-7H2,1H3;1-2H3. The fourth-order valence-electron chi connectivity index (χ4n) is 0.466. The molecule has 0 heterocycles. The van der Waals surface area contributed by atoms with Gasteiger partial charge in [-0.2, -0.15) is 5.26 Å². The lowest BCUT2D eigenvalue weighted by molar-refractivity contribution is 0.136. The quantitative estimate of drug-likeness (QED) is 0.575. The number of ether oxygens (including phenoxy) is 1. The molecule has 0 aliphatic rings. The molecule has 0 saturated carbocycles. The van der Waals surface area contributed by atoms with E-state index in [1.165, 1.54) is 0 Å². The third-order valence-electron chi connectivity index (χ3n) is 1.00. The Balaban J connectivity index is 0. The Morgan fingerprint density at radius 2 is 1.91 bits per heavy atom. The number of nitriles is 1. The highest BCUT2D eigenvalue weighted by atomic mass is 16.5. The summed E-state index contributed by atoms with van der Waals surface area (Å²) < 4.78 is 5.09. The Morgan fingerprint density at radius 1 is 1.27 bits per heavy atom. The maximum atomic E-state index is 8.09. The van der Waals surface area contributed by atoms with Gasteiger partial charge in [0.25, 0.3) is 0 Å². The zero-order valence-corrected chi connectivity index (χ0v) is 7.89. The van der Waals surface area contributed by atoms with E-state index in [0.717, 1.165) is 19.4 Å². The fraction of sp³-hybridized carbons (Fsp3) is 0.889. The maximum absolute atomic E-state index is 8.09. The van der Waals surface area contributed by atoms with Crippen molar-refractivity contribution in [2.24, 2.45) is 0 Å². The second kappa shape index (κ2) is 16.2. The van der Waals surface area contributed by atoms with Gasteiger partial charge < -0.3 is 4.74 Å². The lowest BCUT2D eigenvalue weighted by atomic mass is 10.4. The molecule has 0 radical (unpaired) electrons. The van der Waals surface area contributed by atoms with Gasteiger partial charge in [-0.05, 0) is 6.42 Å². The van der Waals surface area contributed by atoms with Crippen molar-refractivity contribution >= 4 is 0 Å². The Hall–Kier alpha value is -0.550. The van der Waals surface area contributed by atoms with E-state index in [-0.39, 0.29) is 0 Å². The van der Waals surface area contributed by atoms with E-state index in [2.05, 4.69) is 6.92 Å². The normalized spacial score (nSPS) is 7.82. The van der Waals surface area contributed by atoms with Crippen LogP contribution in [0.5, 0.6) is 0 Å². The molecule has 0 N–H and O–H groups in total. The minimum absolute atomic E-state index is 0.518. The summed E-state index contributed by atoms with van der Waals surface area (Å²) in [6.07, 6.45) is 2.78. The van der Waals surface area contributed by atoms with Gasteiger partial charge in [0.1, 0.15) is 0 Å². The highest BCUT2D eigenvalue weighted by Crippen LogP contribution is 1.88. The van der Waals surface area contributed by atoms with Crippen LogP contribution in [0.25, 0.3) is 0 Å². The molecular formula is C9H19NO. The monoisotopic (exact) mass is 157 g/mol. The van der Waals surface area contributed by atoms with Gasteiger partial charge in [-0.1, -0.05) is 27.2 Å². The summed E-state index contributed by atoms with van der Waals surface area (Å²) in [5.41, 5.74) is 0. The lowest BCUT2D eigenvalue weighted by Gasteiger charge is -1.96. The Morgan fingerprint density at radius 3 is 2.36 bits per heavy atom. The predicted molar refractivity (Wildman–Crippen MR) is 47.3 cm³/mol. The largest absolute Gasteiger partial charge is 0.380 e. The minimum Gasteiger partial charge on any atom is -0.380 e. The van der Waals surface area contributed by atoms with Crippen molar-refractivity contribution in [1.82, 2.24) is 0 Å². The van der Waals surface area contributed by atoms with Gasteiger partial charge in [0.05, 0.1) is 19.1 Å². The molecule has 0 aliphatic carbocycles. The van der Waals surface area contributed by atoms with Gasteiger partial charge in [0.2, 0.25) is 0 Å². The molecule has 0 aliphatic heterocycles. The Bertz CT molecular complexity index is 86.1. The molecule has 2 heteroatoms. The molecule has 0 unspecified atom stereocenters. The summed E-state index contributed by atoms with van der Waals surface area (Å²) in [7, 11) is 0. The average Bonchev–Trinajstić information content (AvgIpc) is 2.08. The van der Waals surface area contributed by atoms with Crippen LogP contribution in [0.1, 0.15) is 40.0 Å². The molecule has 0 amide bonds. The third-order valence-corrected chi connectivity index (χ3v) is 1.00. The van der Waals surface area contributed by atoms with Crippen molar-refractivity contribution in [2.75, 3.05) is 13.2 Å². The predicted octanol–water partition coefficient (Wildman–Crippen LogP) is 2.74. The van der Waals surface area contributed by atoms with Crippen LogP contribution in [0.4, 0.5) is 0 Å². The average molecular weight is 157 g/mol. The SMILES string of the molecule is CC.CCCCOCCC#N. The Kier molecular flexibility index (Phi) is 19.3. The smallest absolute Gasteiger partial charge is 0.0645 e. The maximum Gasteiger partial charge on any atom is 0.0645 e. The molecule has 0 atom stereocenters. The summed E-state index contributed by atoms with van der Waals surface area (Å²) >= 11 is 0. The number of rotatable bonds is 5. The van der Waals surface area contributed by atoms with Crippen molar-refractivity contribution in [1.29, 1.82) is 5.26 Å². The molecule has 0 saturated heterocycles. The number of hydrogen-bond acceptors (Lipinski definition) is 2.